The number of aromatic nitrogens is 2. The number of amides is 1. The Labute approximate surface area is 168 Å². The Hall–Kier alpha value is -3.15. The molecule has 0 aliphatic carbocycles. The van der Waals surface area contributed by atoms with E-state index in [0.717, 1.165) is 53.8 Å². The molecule has 0 radical (unpaired) electrons. The van der Waals surface area contributed by atoms with Gasteiger partial charge in [-0.3, -0.25) is 4.98 Å². The fraction of sp³-hybridized carbons (Fsp3) is 0.304. The summed E-state index contributed by atoms with van der Waals surface area (Å²) in [7, 11) is 0. The van der Waals surface area contributed by atoms with Crippen LogP contribution < -0.4 is 0 Å². The van der Waals surface area contributed by atoms with E-state index < -0.39 is 6.09 Å². The summed E-state index contributed by atoms with van der Waals surface area (Å²) in [5.74, 6) is 0.0292. The van der Waals surface area contributed by atoms with Gasteiger partial charge in [0.05, 0.1) is 5.69 Å². The quantitative estimate of drug-likeness (QED) is 0.639. The lowest BCUT2D eigenvalue weighted by Gasteiger charge is -2.36. The summed E-state index contributed by atoms with van der Waals surface area (Å²) in [6, 6.07) is 12.8. The van der Waals surface area contributed by atoms with Gasteiger partial charge in [-0.2, -0.15) is 0 Å². The minimum atomic E-state index is -0.799. The summed E-state index contributed by atoms with van der Waals surface area (Å²) < 4.78 is 13.4. The van der Waals surface area contributed by atoms with E-state index >= 15 is 0 Å². The van der Waals surface area contributed by atoms with Gasteiger partial charge in [-0.25, -0.2) is 9.18 Å². The van der Waals surface area contributed by atoms with Crippen molar-refractivity contribution in [2.45, 2.75) is 43.7 Å². The van der Waals surface area contributed by atoms with Crippen LogP contribution in [0.25, 0.3) is 22.4 Å². The normalized spacial score (nSPS) is 23.3. The van der Waals surface area contributed by atoms with Crippen molar-refractivity contribution in [3.05, 3.63) is 66.4 Å². The van der Waals surface area contributed by atoms with Gasteiger partial charge >= 0.3 is 6.09 Å². The van der Waals surface area contributed by atoms with E-state index in [2.05, 4.69) is 16.0 Å². The summed E-state index contributed by atoms with van der Waals surface area (Å²) in [6.45, 7) is 0. The summed E-state index contributed by atoms with van der Waals surface area (Å²) >= 11 is 0. The van der Waals surface area contributed by atoms with Gasteiger partial charge in [0.1, 0.15) is 5.82 Å². The number of fused-ring (bicyclic) bond motifs is 2. The van der Waals surface area contributed by atoms with Crippen molar-refractivity contribution in [2.75, 3.05) is 0 Å². The monoisotopic (exact) mass is 391 g/mol. The molecule has 2 saturated heterocycles. The second-order valence-electron chi connectivity index (χ2n) is 8.00. The van der Waals surface area contributed by atoms with Crippen molar-refractivity contribution in [3.63, 3.8) is 0 Å². The highest BCUT2D eigenvalue weighted by Crippen LogP contribution is 2.44. The Balaban J connectivity index is 1.54. The van der Waals surface area contributed by atoms with Gasteiger partial charge in [0.25, 0.3) is 0 Å². The molecule has 5 nitrogen and oxygen atoms in total. The second kappa shape index (κ2) is 7.03. The molecule has 0 spiro atoms. The fourth-order valence-corrected chi connectivity index (χ4v) is 5.04. The number of rotatable bonds is 3. The number of pyridine rings is 1. The molecule has 2 bridgehead atoms. The number of carboxylic acid groups (broad SMARTS) is 1. The Kier molecular flexibility index (Phi) is 4.34. The van der Waals surface area contributed by atoms with Crippen LogP contribution in [0.3, 0.4) is 0 Å². The zero-order chi connectivity index (χ0) is 20.0. The lowest BCUT2D eigenvalue weighted by Crippen LogP contribution is -2.45. The first-order valence-corrected chi connectivity index (χ1v) is 10.0. The topological polar surface area (TPSA) is 69.2 Å². The number of piperidine rings is 1. The molecule has 1 amide bonds. The minimum Gasteiger partial charge on any atom is -0.465 e. The van der Waals surface area contributed by atoms with E-state index in [-0.39, 0.29) is 23.8 Å². The molecule has 2 N–H and O–H groups in total. The van der Waals surface area contributed by atoms with E-state index in [1.54, 1.807) is 29.4 Å². The predicted octanol–water partition coefficient (Wildman–Crippen LogP) is 5.27. The highest BCUT2D eigenvalue weighted by Gasteiger charge is 2.44. The zero-order valence-electron chi connectivity index (χ0n) is 15.9. The molecule has 148 valence electrons. The van der Waals surface area contributed by atoms with Crippen molar-refractivity contribution in [1.29, 1.82) is 0 Å². The van der Waals surface area contributed by atoms with Gasteiger partial charge in [-0.1, -0.05) is 0 Å². The number of aromatic amines is 1. The Morgan fingerprint density at radius 2 is 1.69 bits per heavy atom. The highest BCUT2D eigenvalue weighted by atomic mass is 19.1. The summed E-state index contributed by atoms with van der Waals surface area (Å²) in [6.07, 6.45) is 6.28. The van der Waals surface area contributed by atoms with Crippen molar-refractivity contribution in [3.8, 4) is 22.4 Å². The Bertz CT molecular complexity index is 1020. The molecule has 29 heavy (non-hydrogen) atoms. The third-order valence-corrected chi connectivity index (χ3v) is 6.36. The number of hydrogen-bond acceptors (Lipinski definition) is 2. The molecule has 3 aromatic rings. The van der Waals surface area contributed by atoms with E-state index in [1.165, 1.54) is 12.1 Å². The minimum absolute atomic E-state index is 0.0956. The second-order valence-corrected chi connectivity index (χ2v) is 8.00. The van der Waals surface area contributed by atoms with E-state index in [1.807, 2.05) is 12.1 Å². The van der Waals surface area contributed by atoms with Crippen LogP contribution in [0.2, 0.25) is 0 Å². The van der Waals surface area contributed by atoms with Crippen molar-refractivity contribution >= 4 is 6.09 Å². The fourth-order valence-electron chi connectivity index (χ4n) is 5.04. The largest absolute Gasteiger partial charge is 0.465 e. The highest BCUT2D eigenvalue weighted by molar-refractivity contribution is 5.82. The average molecular weight is 391 g/mol. The zero-order valence-corrected chi connectivity index (χ0v) is 15.9. The van der Waals surface area contributed by atoms with Crippen LogP contribution in [-0.2, 0) is 0 Å². The third kappa shape index (κ3) is 3.18. The van der Waals surface area contributed by atoms with Crippen LogP contribution in [-0.4, -0.2) is 38.2 Å². The van der Waals surface area contributed by atoms with Gasteiger partial charge in [0.2, 0.25) is 0 Å². The molecule has 2 aliphatic heterocycles. The standard InChI is InChI=1S/C23H22FN3O2/c24-17-3-1-15(2-4-17)22-20(14-7-9-25-10-8-14)13-21(26-22)16-11-18-5-6-19(12-16)27(18)23(28)29/h1-4,7-10,13,16,18-19,26H,5-6,11-12H2,(H,28,29). The van der Waals surface area contributed by atoms with Crippen LogP contribution in [0.1, 0.15) is 37.3 Å². The number of carbonyl (C=O) groups is 1. The van der Waals surface area contributed by atoms with Gasteiger partial charge in [0, 0.05) is 41.7 Å². The molecule has 4 heterocycles. The van der Waals surface area contributed by atoms with Crippen molar-refractivity contribution in [1.82, 2.24) is 14.9 Å². The number of halogens is 1. The molecular weight excluding hydrogens is 369 g/mol. The SMILES string of the molecule is O=C(O)N1C2CCC1CC(c1cc(-c3ccncc3)c(-c3ccc(F)cc3)[nH]1)C2. The van der Waals surface area contributed by atoms with Gasteiger partial charge in [-0.15, -0.1) is 0 Å². The molecule has 5 rings (SSSR count). The van der Waals surface area contributed by atoms with Crippen LogP contribution in [0.4, 0.5) is 9.18 Å². The maximum Gasteiger partial charge on any atom is 0.407 e. The van der Waals surface area contributed by atoms with Crippen LogP contribution in [0.5, 0.6) is 0 Å². The van der Waals surface area contributed by atoms with Gasteiger partial charge in [0.15, 0.2) is 0 Å². The molecule has 2 aliphatic rings. The Morgan fingerprint density at radius 1 is 1.03 bits per heavy atom. The average Bonchev–Trinajstić information content (AvgIpc) is 3.29. The molecule has 0 saturated carbocycles. The van der Waals surface area contributed by atoms with Crippen molar-refractivity contribution < 1.29 is 14.3 Å². The van der Waals surface area contributed by atoms with Crippen molar-refractivity contribution in [2.24, 2.45) is 0 Å². The first kappa shape index (κ1) is 17.9. The summed E-state index contributed by atoms with van der Waals surface area (Å²) in [4.78, 5) is 21.0. The Morgan fingerprint density at radius 3 is 2.31 bits per heavy atom. The van der Waals surface area contributed by atoms with E-state index in [4.69, 9.17) is 0 Å². The lowest BCUT2D eigenvalue weighted by molar-refractivity contribution is 0.0961. The third-order valence-electron chi connectivity index (χ3n) is 6.36. The molecular formula is C23H22FN3O2. The smallest absolute Gasteiger partial charge is 0.407 e. The first-order chi connectivity index (χ1) is 14.1. The molecule has 2 atom stereocenters. The van der Waals surface area contributed by atoms with Gasteiger partial charge in [-0.05, 0) is 79.3 Å². The maximum atomic E-state index is 13.4. The number of nitrogens with one attached hydrogen (secondary N) is 1. The molecule has 2 aromatic heterocycles. The maximum absolute atomic E-state index is 13.4. The molecule has 2 fully saturated rings. The summed E-state index contributed by atoms with van der Waals surface area (Å²) in [5.41, 5.74) is 5.11. The molecule has 2 unspecified atom stereocenters. The van der Waals surface area contributed by atoms with Gasteiger partial charge < -0.3 is 15.0 Å². The molecule has 6 heteroatoms. The van der Waals surface area contributed by atoms with Crippen LogP contribution in [0.15, 0.2) is 54.9 Å². The number of H-pyrrole nitrogens is 1. The summed E-state index contributed by atoms with van der Waals surface area (Å²) in [5, 5.41) is 9.53. The first-order valence-electron chi connectivity index (χ1n) is 10.0. The molecule has 1 aromatic carbocycles. The van der Waals surface area contributed by atoms with E-state index in [0.29, 0.717) is 0 Å². The predicted molar refractivity (Wildman–Crippen MR) is 108 cm³/mol. The van der Waals surface area contributed by atoms with Crippen LogP contribution >= 0.6 is 0 Å². The number of benzene rings is 1. The van der Waals surface area contributed by atoms with Crippen LogP contribution in [0, 0.1) is 5.82 Å². The number of nitrogens with zero attached hydrogens (tertiary/aromatic N) is 2. The van der Waals surface area contributed by atoms with E-state index in [9.17, 15) is 14.3 Å². The number of hydrogen-bond donors (Lipinski definition) is 2. The lowest BCUT2D eigenvalue weighted by atomic mass is 9.88.